The van der Waals surface area contributed by atoms with E-state index in [4.69, 9.17) is 16.1 Å². The van der Waals surface area contributed by atoms with Crippen molar-refractivity contribution in [2.45, 2.75) is 6.54 Å². The normalized spacial score (nSPS) is 11.2. The molecule has 9 heteroatoms. The highest BCUT2D eigenvalue weighted by Gasteiger charge is 2.15. The SMILES string of the molecule is Cn1ncc2c(=O)n(Cc3cnoc3-c3ccc(Cl)cc3)nnc21. The maximum atomic E-state index is 12.5. The van der Waals surface area contributed by atoms with Crippen LogP contribution < -0.4 is 5.56 Å². The van der Waals surface area contributed by atoms with Crippen LogP contribution in [0.1, 0.15) is 5.56 Å². The number of aryl methyl sites for hydroxylation is 1. The summed E-state index contributed by atoms with van der Waals surface area (Å²) in [5, 5.41) is 16.9. The quantitative estimate of drug-likeness (QED) is 0.564. The molecule has 4 aromatic rings. The van der Waals surface area contributed by atoms with Gasteiger partial charge in [-0.1, -0.05) is 22.0 Å². The minimum atomic E-state index is -0.267. The third kappa shape index (κ3) is 2.37. The van der Waals surface area contributed by atoms with Gasteiger partial charge in [-0.15, -0.1) is 5.10 Å². The summed E-state index contributed by atoms with van der Waals surface area (Å²) in [5.74, 6) is 0.562. The van der Waals surface area contributed by atoms with E-state index >= 15 is 0 Å². The molecule has 0 bridgehead atoms. The molecule has 0 atom stereocenters. The van der Waals surface area contributed by atoms with Crippen LogP contribution in [0.25, 0.3) is 22.4 Å². The van der Waals surface area contributed by atoms with E-state index in [9.17, 15) is 4.79 Å². The van der Waals surface area contributed by atoms with E-state index in [-0.39, 0.29) is 12.1 Å². The summed E-state index contributed by atoms with van der Waals surface area (Å²) in [7, 11) is 1.71. The van der Waals surface area contributed by atoms with Crippen LogP contribution >= 0.6 is 11.6 Å². The zero-order chi connectivity index (χ0) is 16.7. The highest BCUT2D eigenvalue weighted by molar-refractivity contribution is 6.30. The van der Waals surface area contributed by atoms with E-state index in [0.717, 1.165) is 11.1 Å². The van der Waals surface area contributed by atoms with Crippen LogP contribution in [0.4, 0.5) is 0 Å². The number of hydrogen-bond acceptors (Lipinski definition) is 6. The van der Waals surface area contributed by atoms with Gasteiger partial charge in [0, 0.05) is 23.2 Å². The van der Waals surface area contributed by atoms with Gasteiger partial charge in [-0.2, -0.15) is 5.10 Å². The number of benzene rings is 1. The van der Waals surface area contributed by atoms with Crippen LogP contribution in [0.2, 0.25) is 5.02 Å². The van der Waals surface area contributed by atoms with Gasteiger partial charge in [0.25, 0.3) is 5.56 Å². The molecule has 0 amide bonds. The molecule has 0 saturated heterocycles. The van der Waals surface area contributed by atoms with E-state index in [1.165, 1.54) is 15.6 Å². The van der Waals surface area contributed by atoms with Gasteiger partial charge in [-0.05, 0) is 24.3 Å². The predicted octanol–water partition coefficient (Wildman–Crippen LogP) is 1.88. The first-order chi connectivity index (χ1) is 11.6. The molecular weight excluding hydrogens is 332 g/mol. The molecule has 0 aliphatic rings. The fourth-order valence-electron chi connectivity index (χ4n) is 2.45. The molecule has 3 heterocycles. The zero-order valence-electron chi connectivity index (χ0n) is 12.5. The Morgan fingerprint density at radius 1 is 1.21 bits per heavy atom. The molecule has 0 aliphatic carbocycles. The lowest BCUT2D eigenvalue weighted by molar-refractivity contribution is 0.431. The van der Waals surface area contributed by atoms with Gasteiger partial charge in [-0.25, -0.2) is 9.36 Å². The Bertz CT molecular complexity index is 1080. The van der Waals surface area contributed by atoms with Crippen LogP contribution in [0.5, 0.6) is 0 Å². The van der Waals surface area contributed by atoms with Crippen molar-refractivity contribution >= 4 is 22.6 Å². The molecular formula is C15H11ClN6O2. The molecule has 24 heavy (non-hydrogen) atoms. The molecule has 0 saturated carbocycles. The first-order valence-electron chi connectivity index (χ1n) is 7.08. The van der Waals surface area contributed by atoms with Crippen LogP contribution in [-0.4, -0.2) is 29.9 Å². The Balaban J connectivity index is 1.75. The largest absolute Gasteiger partial charge is 0.356 e. The van der Waals surface area contributed by atoms with Crippen molar-refractivity contribution in [1.82, 2.24) is 29.9 Å². The minimum absolute atomic E-state index is 0.193. The summed E-state index contributed by atoms with van der Waals surface area (Å²) < 4.78 is 8.09. The van der Waals surface area contributed by atoms with Gasteiger partial charge in [0.05, 0.1) is 18.9 Å². The summed E-state index contributed by atoms with van der Waals surface area (Å²) in [6.07, 6.45) is 3.04. The van der Waals surface area contributed by atoms with Gasteiger partial charge in [0.2, 0.25) is 0 Å². The van der Waals surface area contributed by atoms with Crippen molar-refractivity contribution < 1.29 is 4.52 Å². The molecule has 0 fully saturated rings. The molecule has 0 unspecified atom stereocenters. The summed E-state index contributed by atoms with van der Waals surface area (Å²) in [6.45, 7) is 0.193. The van der Waals surface area contributed by atoms with Gasteiger partial charge < -0.3 is 4.52 Å². The van der Waals surface area contributed by atoms with Crippen molar-refractivity contribution in [3.05, 3.63) is 57.6 Å². The first-order valence-corrected chi connectivity index (χ1v) is 7.46. The van der Waals surface area contributed by atoms with Gasteiger partial charge in [0.15, 0.2) is 11.4 Å². The monoisotopic (exact) mass is 342 g/mol. The van der Waals surface area contributed by atoms with Crippen molar-refractivity contribution in [2.24, 2.45) is 7.05 Å². The average molecular weight is 343 g/mol. The summed E-state index contributed by atoms with van der Waals surface area (Å²) >= 11 is 5.90. The number of rotatable bonds is 3. The number of nitrogens with zero attached hydrogens (tertiary/aromatic N) is 6. The van der Waals surface area contributed by atoms with Crippen molar-refractivity contribution in [2.75, 3.05) is 0 Å². The predicted molar refractivity (Wildman–Crippen MR) is 86.6 cm³/mol. The van der Waals surface area contributed by atoms with E-state index in [2.05, 4.69) is 20.6 Å². The molecule has 0 aliphatic heterocycles. The van der Waals surface area contributed by atoms with Gasteiger partial charge in [0.1, 0.15) is 5.39 Å². The van der Waals surface area contributed by atoms with E-state index in [1.54, 1.807) is 25.4 Å². The van der Waals surface area contributed by atoms with Crippen molar-refractivity contribution in [1.29, 1.82) is 0 Å². The highest BCUT2D eigenvalue weighted by Crippen LogP contribution is 2.25. The molecule has 120 valence electrons. The number of aromatic nitrogens is 6. The highest BCUT2D eigenvalue weighted by atomic mass is 35.5. The van der Waals surface area contributed by atoms with Gasteiger partial charge >= 0.3 is 0 Å². The maximum Gasteiger partial charge on any atom is 0.281 e. The zero-order valence-corrected chi connectivity index (χ0v) is 13.3. The molecule has 4 rings (SSSR count). The van der Waals surface area contributed by atoms with Gasteiger partial charge in [-0.3, -0.25) is 4.79 Å². The second-order valence-corrected chi connectivity index (χ2v) is 5.68. The van der Waals surface area contributed by atoms with Crippen LogP contribution in [-0.2, 0) is 13.6 Å². The first kappa shape index (κ1) is 14.6. The number of halogens is 1. The van der Waals surface area contributed by atoms with E-state index in [1.807, 2.05) is 12.1 Å². The van der Waals surface area contributed by atoms with E-state index < -0.39 is 0 Å². The summed E-state index contributed by atoms with van der Waals surface area (Å²) in [5.41, 5.74) is 1.71. The Morgan fingerprint density at radius 2 is 2.00 bits per heavy atom. The molecule has 0 radical (unpaired) electrons. The third-order valence-electron chi connectivity index (χ3n) is 3.69. The van der Waals surface area contributed by atoms with Crippen LogP contribution in [0.3, 0.4) is 0 Å². The smallest absolute Gasteiger partial charge is 0.281 e. The fourth-order valence-corrected chi connectivity index (χ4v) is 2.58. The lowest BCUT2D eigenvalue weighted by Gasteiger charge is -2.04. The van der Waals surface area contributed by atoms with Crippen LogP contribution in [0, 0.1) is 0 Å². The van der Waals surface area contributed by atoms with Crippen LogP contribution in [0.15, 0.2) is 46.0 Å². The second kappa shape index (κ2) is 5.57. The lowest BCUT2D eigenvalue weighted by atomic mass is 10.1. The molecule has 1 aromatic carbocycles. The second-order valence-electron chi connectivity index (χ2n) is 5.24. The topological polar surface area (TPSA) is 91.6 Å². The molecule has 3 aromatic heterocycles. The summed E-state index contributed by atoms with van der Waals surface area (Å²) in [6, 6.07) is 7.17. The van der Waals surface area contributed by atoms with Crippen molar-refractivity contribution in [3.63, 3.8) is 0 Å². The Morgan fingerprint density at radius 3 is 2.79 bits per heavy atom. The Labute approximate surface area is 140 Å². The summed E-state index contributed by atoms with van der Waals surface area (Å²) in [4.78, 5) is 12.5. The maximum absolute atomic E-state index is 12.5. The average Bonchev–Trinajstić information content (AvgIpc) is 3.18. The Kier molecular flexibility index (Phi) is 3.39. The lowest BCUT2D eigenvalue weighted by Crippen LogP contribution is -2.24. The third-order valence-corrected chi connectivity index (χ3v) is 3.94. The van der Waals surface area contributed by atoms with Crippen molar-refractivity contribution in [3.8, 4) is 11.3 Å². The molecule has 0 N–H and O–H groups in total. The van der Waals surface area contributed by atoms with E-state index in [0.29, 0.717) is 21.8 Å². The minimum Gasteiger partial charge on any atom is -0.356 e. The number of fused-ring (bicyclic) bond motifs is 1. The Hall–Kier alpha value is -3.00. The fraction of sp³-hybridized carbons (Fsp3) is 0.133. The number of hydrogen-bond donors (Lipinski definition) is 0. The standard InChI is InChI=1S/C15H11ClN6O2/c1-21-14-12(7-17-21)15(23)22(20-19-14)8-10-6-18-24-13(10)9-2-4-11(16)5-3-9/h2-7H,8H2,1H3. The molecule has 8 nitrogen and oxygen atoms in total. The molecule has 0 spiro atoms.